The van der Waals surface area contributed by atoms with Crippen LogP contribution >= 0.6 is 0 Å². The number of anilines is 1. The quantitative estimate of drug-likeness (QED) is 0.795. The summed E-state index contributed by atoms with van der Waals surface area (Å²) in [6.45, 7) is 4.02. The van der Waals surface area contributed by atoms with Crippen molar-refractivity contribution in [3.8, 4) is 0 Å². The van der Waals surface area contributed by atoms with Crippen LogP contribution in [0.15, 0.2) is 65.9 Å². The van der Waals surface area contributed by atoms with Crippen LogP contribution in [0, 0.1) is 5.82 Å². The van der Waals surface area contributed by atoms with Crippen molar-refractivity contribution < 1.29 is 4.39 Å². The number of nitrogens with zero attached hydrogens (tertiary/aromatic N) is 4. The molecule has 2 heterocycles. The van der Waals surface area contributed by atoms with E-state index in [0.29, 0.717) is 0 Å². The van der Waals surface area contributed by atoms with Crippen LogP contribution in [0.3, 0.4) is 0 Å². The lowest BCUT2D eigenvalue weighted by molar-refractivity contribution is 0.312. The number of quaternary nitrogens is 1. The van der Waals surface area contributed by atoms with Gasteiger partial charge >= 0.3 is 0 Å². The fraction of sp³-hybridized carbons (Fsp3) is 0.250. The molecule has 1 atom stereocenters. The summed E-state index contributed by atoms with van der Waals surface area (Å²) in [5.74, 6) is -0.248. The van der Waals surface area contributed by atoms with Gasteiger partial charge < -0.3 is 9.80 Å². The van der Waals surface area contributed by atoms with E-state index in [1.54, 1.807) is 18.3 Å². The molecule has 0 spiro atoms. The van der Waals surface area contributed by atoms with Crippen LogP contribution in [0.2, 0.25) is 0 Å². The maximum Gasteiger partial charge on any atom is 0.192 e. The van der Waals surface area contributed by atoms with E-state index in [0.717, 1.165) is 43.2 Å². The summed E-state index contributed by atoms with van der Waals surface area (Å²) in [6, 6.07) is 15.0. The summed E-state index contributed by atoms with van der Waals surface area (Å²) < 4.78 is 14.1. The standard InChI is InChI=1S/C20H22FN4/c1-23-11-13-24(14-12-23)19-8-2-3-9-20(19)25(15-5-10-22-25)18-7-4-6-17(21)16-18/h2-10,15-16H,11-14H2,1H3/q+1. The van der Waals surface area contributed by atoms with E-state index >= 15 is 0 Å². The van der Waals surface area contributed by atoms with E-state index in [2.05, 4.69) is 35.0 Å². The molecule has 4 nitrogen and oxygen atoms in total. The highest BCUT2D eigenvalue weighted by Gasteiger charge is 2.37. The van der Waals surface area contributed by atoms with Gasteiger partial charge in [-0.15, -0.1) is 4.59 Å². The van der Waals surface area contributed by atoms with Gasteiger partial charge in [0.1, 0.15) is 17.7 Å². The summed E-state index contributed by atoms with van der Waals surface area (Å²) in [6.07, 6.45) is 5.71. The highest BCUT2D eigenvalue weighted by atomic mass is 19.1. The van der Waals surface area contributed by atoms with Gasteiger partial charge in [0.15, 0.2) is 11.4 Å². The molecule has 1 fully saturated rings. The SMILES string of the molecule is CN1CCN(c2ccccc2[N+]2(c3cccc(F)c3)C=CC=N2)CC1. The molecule has 0 saturated carbocycles. The molecule has 0 radical (unpaired) electrons. The molecule has 4 rings (SSSR count). The zero-order valence-electron chi connectivity index (χ0n) is 14.3. The Labute approximate surface area is 147 Å². The number of hydrogen-bond acceptors (Lipinski definition) is 3. The smallest absolute Gasteiger partial charge is 0.192 e. The molecule has 1 unspecified atom stereocenters. The van der Waals surface area contributed by atoms with Crippen LogP contribution in [-0.2, 0) is 0 Å². The molecule has 2 aromatic rings. The largest absolute Gasteiger partial charge is 0.364 e. The van der Waals surface area contributed by atoms with Crippen LogP contribution in [0.1, 0.15) is 0 Å². The molecule has 5 heteroatoms. The average molecular weight is 337 g/mol. The number of allylic oxidation sites excluding steroid dienone is 1. The van der Waals surface area contributed by atoms with Crippen LogP contribution < -0.4 is 9.49 Å². The molecule has 0 aliphatic carbocycles. The Bertz CT molecular complexity index is 810. The van der Waals surface area contributed by atoms with Crippen LogP contribution in [0.25, 0.3) is 0 Å². The third-order valence-corrected chi connectivity index (χ3v) is 4.93. The summed E-state index contributed by atoms with van der Waals surface area (Å²) in [4.78, 5) is 4.74. The average Bonchev–Trinajstić information content (AvgIpc) is 3.13. The lowest BCUT2D eigenvalue weighted by Crippen LogP contribution is -2.45. The van der Waals surface area contributed by atoms with Crippen LogP contribution in [-0.4, -0.2) is 44.3 Å². The van der Waals surface area contributed by atoms with Gasteiger partial charge in [-0.25, -0.2) is 4.39 Å². The molecule has 128 valence electrons. The third-order valence-electron chi connectivity index (χ3n) is 4.93. The van der Waals surface area contributed by atoms with Gasteiger partial charge in [-0.05, 0) is 19.2 Å². The summed E-state index contributed by atoms with van der Waals surface area (Å²) in [5.41, 5.74) is 3.00. The first-order valence-electron chi connectivity index (χ1n) is 8.60. The van der Waals surface area contributed by atoms with Crippen molar-refractivity contribution in [2.75, 3.05) is 38.1 Å². The number of rotatable bonds is 3. The zero-order chi connectivity index (χ0) is 17.3. The lowest BCUT2D eigenvalue weighted by Gasteiger charge is -2.36. The highest BCUT2D eigenvalue weighted by molar-refractivity contribution is 5.83. The first kappa shape index (κ1) is 16.0. The first-order chi connectivity index (χ1) is 12.2. The molecule has 0 bridgehead atoms. The second-order valence-electron chi connectivity index (χ2n) is 6.55. The topological polar surface area (TPSA) is 18.8 Å². The Morgan fingerprint density at radius 3 is 2.52 bits per heavy atom. The summed E-state index contributed by atoms with van der Waals surface area (Å²) in [7, 11) is 2.15. The number of para-hydroxylation sites is 2. The third kappa shape index (κ3) is 2.86. The minimum absolute atomic E-state index is 0.167. The van der Waals surface area contributed by atoms with Gasteiger partial charge in [0.05, 0.1) is 6.21 Å². The molecule has 1 saturated heterocycles. The van der Waals surface area contributed by atoms with Crippen molar-refractivity contribution in [3.63, 3.8) is 0 Å². The molecule has 2 aromatic carbocycles. The second-order valence-corrected chi connectivity index (χ2v) is 6.55. The lowest BCUT2D eigenvalue weighted by atomic mass is 10.1. The fourth-order valence-electron chi connectivity index (χ4n) is 3.53. The van der Waals surface area contributed by atoms with Crippen LogP contribution in [0.4, 0.5) is 21.5 Å². The normalized spacial score (nSPS) is 23.4. The molecule has 2 aliphatic rings. The van der Waals surface area contributed by atoms with Gasteiger partial charge in [0, 0.05) is 50.5 Å². The van der Waals surface area contributed by atoms with Crippen molar-refractivity contribution in [1.82, 2.24) is 9.49 Å². The molecular formula is C20H22FN4+. The predicted molar refractivity (Wildman–Crippen MR) is 102 cm³/mol. The number of hydrogen-bond donors (Lipinski definition) is 0. The molecule has 0 amide bonds. The number of piperazine rings is 1. The Morgan fingerprint density at radius 2 is 1.80 bits per heavy atom. The molecule has 2 aliphatic heterocycles. The van der Waals surface area contributed by atoms with E-state index < -0.39 is 0 Å². The number of benzene rings is 2. The van der Waals surface area contributed by atoms with Gasteiger partial charge in [-0.3, -0.25) is 0 Å². The summed E-state index contributed by atoms with van der Waals surface area (Å²) >= 11 is 0. The zero-order valence-corrected chi connectivity index (χ0v) is 14.3. The van der Waals surface area contributed by atoms with E-state index in [4.69, 9.17) is 5.10 Å². The highest BCUT2D eigenvalue weighted by Crippen LogP contribution is 2.43. The number of halogens is 1. The van der Waals surface area contributed by atoms with Gasteiger partial charge in [-0.2, -0.15) is 0 Å². The van der Waals surface area contributed by atoms with E-state index in [1.807, 2.05) is 24.4 Å². The van der Waals surface area contributed by atoms with Gasteiger partial charge in [-0.1, -0.05) is 23.3 Å². The molecular weight excluding hydrogens is 315 g/mol. The minimum Gasteiger partial charge on any atom is -0.364 e. The fourth-order valence-corrected chi connectivity index (χ4v) is 3.53. The Hall–Kier alpha value is -2.50. The van der Waals surface area contributed by atoms with E-state index in [-0.39, 0.29) is 10.4 Å². The van der Waals surface area contributed by atoms with E-state index in [9.17, 15) is 4.39 Å². The summed E-state index contributed by atoms with van der Waals surface area (Å²) in [5, 5.41) is 4.72. The predicted octanol–water partition coefficient (Wildman–Crippen LogP) is 3.73. The monoisotopic (exact) mass is 337 g/mol. The van der Waals surface area contributed by atoms with Crippen LogP contribution in [0.5, 0.6) is 0 Å². The maximum atomic E-state index is 13.9. The maximum absolute atomic E-state index is 13.9. The first-order valence-corrected chi connectivity index (χ1v) is 8.60. The van der Waals surface area contributed by atoms with Gasteiger partial charge in [0.25, 0.3) is 0 Å². The van der Waals surface area contributed by atoms with Crippen molar-refractivity contribution in [2.45, 2.75) is 0 Å². The number of likely N-dealkylation sites (N-methyl/N-ethyl adjacent to an activating group) is 1. The van der Waals surface area contributed by atoms with Crippen molar-refractivity contribution in [3.05, 3.63) is 66.6 Å². The molecule has 0 N–H and O–H groups in total. The van der Waals surface area contributed by atoms with Crippen molar-refractivity contribution in [1.29, 1.82) is 0 Å². The van der Waals surface area contributed by atoms with Gasteiger partial charge in [0.2, 0.25) is 0 Å². The second kappa shape index (κ2) is 6.43. The van der Waals surface area contributed by atoms with Crippen molar-refractivity contribution in [2.24, 2.45) is 5.10 Å². The Kier molecular flexibility index (Phi) is 4.11. The molecule has 25 heavy (non-hydrogen) atoms. The minimum atomic E-state index is -0.248. The Morgan fingerprint density at radius 1 is 1.00 bits per heavy atom. The van der Waals surface area contributed by atoms with E-state index in [1.165, 1.54) is 6.07 Å². The van der Waals surface area contributed by atoms with Crippen molar-refractivity contribution >= 4 is 23.3 Å². The Balaban J connectivity index is 1.82. The molecule has 0 aromatic heterocycles.